The van der Waals surface area contributed by atoms with Crippen LogP contribution < -0.4 is 0 Å². The molecular weight excluding hydrogens is 364 g/mol. The van der Waals surface area contributed by atoms with E-state index in [0.29, 0.717) is 17.6 Å². The Morgan fingerprint density at radius 2 is 1.92 bits per heavy atom. The average molecular weight is 380 g/mol. The van der Waals surface area contributed by atoms with Gasteiger partial charge in [0.15, 0.2) is 0 Å². The van der Waals surface area contributed by atoms with Crippen LogP contribution in [0.1, 0.15) is 34.5 Å². The molecule has 0 aliphatic heterocycles. The lowest BCUT2D eigenvalue weighted by Gasteiger charge is -1.99. The van der Waals surface area contributed by atoms with Gasteiger partial charge in [-0.15, -0.1) is 22.7 Å². The fourth-order valence-corrected chi connectivity index (χ4v) is 4.76. The Morgan fingerprint density at radius 3 is 2.69 bits per heavy atom. The Hall–Kier alpha value is -2.38. The van der Waals surface area contributed by atoms with Gasteiger partial charge >= 0.3 is 0 Å². The zero-order valence-corrected chi connectivity index (χ0v) is 16.0. The van der Waals surface area contributed by atoms with E-state index in [0.717, 1.165) is 32.4 Å². The van der Waals surface area contributed by atoms with Crippen molar-refractivity contribution in [2.45, 2.75) is 32.6 Å². The summed E-state index contributed by atoms with van der Waals surface area (Å²) in [5.74, 6) is 1.80. The summed E-state index contributed by atoms with van der Waals surface area (Å²) in [5.41, 5.74) is 3.96. The molecule has 0 spiro atoms. The van der Waals surface area contributed by atoms with Crippen LogP contribution in [0, 0.1) is 13.8 Å². The quantitative estimate of drug-likeness (QED) is 0.469. The van der Waals surface area contributed by atoms with E-state index in [2.05, 4.69) is 32.6 Å². The van der Waals surface area contributed by atoms with Crippen LogP contribution >= 0.6 is 22.7 Å². The summed E-state index contributed by atoms with van der Waals surface area (Å²) in [6.45, 7) is 3.94. The van der Waals surface area contributed by atoms with Gasteiger partial charge in [0, 0.05) is 22.4 Å². The number of thiazole rings is 2. The van der Waals surface area contributed by atoms with E-state index in [-0.39, 0.29) is 0 Å². The van der Waals surface area contributed by atoms with Crippen LogP contribution in [0.15, 0.2) is 34.2 Å². The number of rotatable bonds is 4. The first-order chi connectivity index (χ1) is 12.7. The Bertz CT molecular complexity index is 1090. The predicted molar refractivity (Wildman–Crippen MR) is 103 cm³/mol. The van der Waals surface area contributed by atoms with Gasteiger partial charge < -0.3 is 4.52 Å². The number of aromatic nitrogens is 4. The molecule has 1 saturated carbocycles. The summed E-state index contributed by atoms with van der Waals surface area (Å²) in [7, 11) is 0. The SMILES string of the molecule is Cc1nc(C)c(-c2nc(-c3cccc(-c4csc(C5CC5)n4)c3)no2)s1. The largest absolute Gasteiger partial charge is 0.333 e. The lowest BCUT2D eigenvalue weighted by Crippen LogP contribution is -1.85. The van der Waals surface area contributed by atoms with Gasteiger partial charge in [-0.1, -0.05) is 23.4 Å². The molecule has 0 atom stereocenters. The van der Waals surface area contributed by atoms with Crippen LogP contribution in [0.5, 0.6) is 0 Å². The first-order valence-electron chi connectivity index (χ1n) is 8.52. The molecule has 0 radical (unpaired) electrons. The number of nitrogens with zero attached hydrogens (tertiary/aromatic N) is 4. The highest BCUT2D eigenvalue weighted by atomic mass is 32.1. The third kappa shape index (κ3) is 2.87. The minimum atomic E-state index is 0.526. The van der Waals surface area contributed by atoms with Crippen molar-refractivity contribution in [1.29, 1.82) is 0 Å². The molecule has 0 saturated heterocycles. The Labute approximate surface area is 158 Å². The predicted octanol–water partition coefficient (Wildman–Crippen LogP) is 5.48. The van der Waals surface area contributed by atoms with E-state index in [1.807, 2.05) is 26.0 Å². The van der Waals surface area contributed by atoms with Crippen LogP contribution in [-0.4, -0.2) is 20.1 Å². The minimum absolute atomic E-state index is 0.526. The molecule has 0 amide bonds. The molecule has 1 aliphatic rings. The second-order valence-electron chi connectivity index (χ2n) is 6.50. The van der Waals surface area contributed by atoms with Crippen molar-refractivity contribution in [2.24, 2.45) is 0 Å². The van der Waals surface area contributed by atoms with Crippen molar-refractivity contribution in [1.82, 2.24) is 20.1 Å². The maximum Gasteiger partial charge on any atom is 0.270 e. The van der Waals surface area contributed by atoms with Crippen molar-refractivity contribution in [2.75, 3.05) is 0 Å². The van der Waals surface area contributed by atoms with E-state index in [1.165, 1.54) is 17.8 Å². The molecule has 26 heavy (non-hydrogen) atoms. The molecule has 1 aromatic carbocycles. The highest BCUT2D eigenvalue weighted by Crippen LogP contribution is 2.42. The van der Waals surface area contributed by atoms with E-state index in [4.69, 9.17) is 9.51 Å². The maximum atomic E-state index is 5.48. The standard InChI is InChI=1S/C19H16N4OS2/c1-10-16(26-11(2)20-10)18-22-17(23-24-18)14-5-3-4-13(8-14)15-9-25-19(21-15)12-6-7-12/h3-5,8-9,12H,6-7H2,1-2H3. The molecule has 3 aromatic heterocycles. The minimum Gasteiger partial charge on any atom is -0.333 e. The Morgan fingerprint density at radius 1 is 1.08 bits per heavy atom. The van der Waals surface area contributed by atoms with Crippen LogP contribution in [-0.2, 0) is 0 Å². The lowest BCUT2D eigenvalue weighted by atomic mass is 10.1. The molecule has 1 fully saturated rings. The van der Waals surface area contributed by atoms with E-state index in [1.54, 1.807) is 22.7 Å². The van der Waals surface area contributed by atoms with E-state index >= 15 is 0 Å². The van der Waals surface area contributed by atoms with Gasteiger partial charge in [-0.05, 0) is 32.8 Å². The topological polar surface area (TPSA) is 64.7 Å². The average Bonchev–Trinajstić information content (AvgIpc) is 3.07. The molecule has 5 nitrogen and oxygen atoms in total. The molecule has 130 valence electrons. The van der Waals surface area contributed by atoms with Crippen LogP contribution in [0.25, 0.3) is 33.4 Å². The molecule has 4 aromatic rings. The van der Waals surface area contributed by atoms with E-state index in [9.17, 15) is 0 Å². The first kappa shape index (κ1) is 15.8. The Balaban J connectivity index is 1.48. The summed E-state index contributed by atoms with van der Waals surface area (Å²) in [6, 6.07) is 8.16. The molecule has 0 unspecified atom stereocenters. The van der Waals surface area contributed by atoms with Crippen LogP contribution in [0.2, 0.25) is 0 Å². The highest BCUT2D eigenvalue weighted by molar-refractivity contribution is 7.15. The van der Waals surface area contributed by atoms with Crippen LogP contribution in [0.4, 0.5) is 0 Å². The fourth-order valence-electron chi connectivity index (χ4n) is 2.92. The molecule has 1 aliphatic carbocycles. The third-order valence-electron chi connectivity index (χ3n) is 4.39. The summed E-state index contributed by atoms with van der Waals surface area (Å²) in [5, 5.41) is 8.55. The number of hydrogen-bond donors (Lipinski definition) is 0. The summed E-state index contributed by atoms with van der Waals surface area (Å²) in [6.07, 6.45) is 2.55. The van der Waals surface area contributed by atoms with Gasteiger partial charge in [0.2, 0.25) is 5.82 Å². The first-order valence-corrected chi connectivity index (χ1v) is 10.2. The van der Waals surface area contributed by atoms with Crippen molar-refractivity contribution in [3.05, 3.63) is 45.4 Å². The molecule has 3 heterocycles. The zero-order valence-electron chi connectivity index (χ0n) is 14.4. The number of benzene rings is 1. The van der Waals surface area contributed by atoms with Crippen molar-refractivity contribution < 1.29 is 4.52 Å². The second-order valence-corrected chi connectivity index (χ2v) is 8.59. The van der Waals surface area contributed by atoms with Gasteiger partial charge in [-0.3, -0.25) is 0 Å². The van der Waals surface area contributed by atoms with Crippen LogP contribution in [0.3, 0.4) is 0 Å². The fraction of sp³-hybridized carbons (Fsp3) is 0.263. The summed E-state index contributed by atoms with van der Waals surface area (Å²) in [4.78, 5) is 14.7. The van der Waals surface area contributed by atoms with Gasteiger partial charge in [0.1, 0.15) is 4.88 Å². The van der Waals surface area contributed by atoms with Gasteiger partial charge in [0.05, 0.1) is 21.4 Å². The number of aryl methyl sites for hydroxylation is 2. The second kappa shape index (κ2) is 6.10. The smallest absolute Gasteiger partial charge is 0.270 e. The molecule has 7 heteroatoms. The summed E-state index contributed by atoms with van der Waals surface area (Å²) >= 11 is 3.33. The van der Waals surface area contributed by atoms with Crippen molar-refractivity contribution in [3.63, 3.8) is 0 Å². The van der Waals surface area contributed by atoms with E-state index < -0.39 is 0 Å². The normalized spacial score (nSPS) is 14.1. The summed E-state index contributed by atoms with van der Waals surface area (Å²) < 4.78 is 5.48. The zero-order chi connectivity index (χ0) is 17.7. The van der Waals surface area contributed by atoms with Gasteiger partial charge in [0.25, 0.3) is 5.89 Å². The Kier molecular flexibility index (Phi) is 3.72. The lowest BCUT2D eigenvalue weighted by molar-refractivity contribution is 0.433. The van der Waals surface area contributed by atoms with Crippen molar-refractivity contribution in [3.8, 4) is 33.4 Å². The number of hydrogen-bond acceptors (Lipinski definition) is 7. The highest BCUT2D eigenvalue weighted by Gasteiger charge is 2.26. The molecule has 0 N–H and O–H groups in total. The third-order valence-corrected chi connectivity index (χ3v) is 6.46. The maximum absolute atomic E-state index is 5.48. The molecule has 0 bridgehead atoms. The monoisotopic (exact) mass is 380 g/mol. The van der Waals surface area contributed by atoms with Gasteiger partial charge in [-0.25, -0.2) is 9.97 Å². The van der Waals surface area contributed by atoms with Gasteiger partial charge in [-0.2, -0.15) is 4.98 Å². The molecule has 5 rings (SSSR count). The molecular formula is C19H16N4OS2. The van der Waals surface area contributed by atoms with Crippen molar-refractivity contribution >= 4 is 22.7 Å².